The van der Waals surface area contributed by atoms with E-state index in [9.17, 15) is 0 Å². The second kappa shape index (κ2) is 10.9. The molecule has 0 saturated heterocycles. The molecule has 29 heavy (non-hydrogen) atoms. The number of rotatable bonds is 15. The predicted molar refractivity (Wildman–Crippen MR) is 131 cm³/mol. The van der Waals surface area contributed by atoms with Gasteiger partial charge < -0.3 is 0 Å². The summed E-state index contributed by atoms with van der Waals surface area (Å²) in [6.45, 7) is 19.7. The quantitative estimate of drug-likeness (QED) is 0.239. The van der Waals surface area contributed by atoms with Gasteiger partial charge in [0.05, 0.1) is 0 Å². The molecular weight excluding hydrogens is 348 g/mol. The summed E-state index contributed by atoms with van der Waals surface area (Å²) >= 11 is 0. The van der Waals surface area contributed by atoms with Gasteiger partial charge in [0.1, 0.15) is 0 Å². The molecule has 2 rings (SSSR count). The van der Waals surface area contributed by atoms with Gasteiger partial charge in [0.15, 0.2) is 0 Å². The molecule has 0 heteroatoms. The highest BCUT2D eigenvalue weighted by Crippen LogP contribution is 2.64. The summed E-state index contributed by atoms with van der Waals surface area (Å²) in [6.07, 6.45) is 19.8. The van der Waals surface area contributed by atoms with E-state index in [1.807, 2.05) is 5.57 Å². The lowest BCUT2D eigenvalue weighted by molar-refractivity contribution is 0.321. The van der Waals surface area contributed by atoms with Crippen molar-refractivity contribution >= 4 is 0 Å². The maximum Gasteiger partial charge on any atom is -0.00501 e. The number of hydrogen-bond donors (Lipinski definition) is 0. The molecule has 2 aliphatic carbocycles. The van der Waals surface area contributed by atoms with Crippen LogP contribution in [0.3, 0.4) is 0 Å². The molecule has 0 heterocycles. The molecule has 0 nitrogen and oxygen atoms in total. The van der Waals surface area contributed by atoms with Crippen molar-refractivity contribution in [2.75, 3.05) is 0 Å². The van der Waals surface area contributed by atoms with Gasteiger partial charge in [-0.3, -0.25) is 0 Å². The molecular formula is C29H54. The molecule has 170 valence electrons. The molecule has 0 amide bonds. The van der Waals surface area contributed by atoms with Gasteiger partial charge in [-0.15, -0.1) is 0 Å². The van der Waals surface area contributed by atoms with Gasteiger partial charge >= 0.3 is 0 Å². The Morgan fingerprint density at radius 2 is 1.55 bits per heavy atom. The molecule has 0 aromatic carbocycles. The van der Waals surface area contributed by atoms with E-state index in [0.717, 1.165) is 29.6 Å². The maximum atomic E-state index is 2.78. The summed E-state index contributed by atoms with van der Waals surface area (Å²) in [6, 6.07) is 0. The van der Waals surface area contributed by atoms with Crippen molar-refractivity contribution in [1.82, 2.24) is 0 Å². The van der Waals surface area contributed by atoms with Crippen LogP contribution in [-0.4, -0.2) is 0 Å². The first kappa shape index (κ1) is 25.0. The average Bonchev–Trinajstić information content (AvgIpc) is 3.56. The third-order valence-corrected chi connectivity index (χ3v) is 9.44. The fourth-order valence-electron chi connectivity index (χ4n) is 5.43. The molecule has 0 bridgehead atoms. The summed E-state index contributed by atoms with van der Waals surface area (Å²) in [7, 11) is 0. The maximum absolute atomic E-state index is 2.78. The van der Waals surface area contributed by atoms with Crippen molar-refractivity contribution in [1.29, 1.82) is 0 Å². The molecule has 0 aliphatic heterocycles. The Morgan fingerprint density at radius 3 is 2.14 bits per heavy atom. The minimum Gasteiger partial charge on any atom is -0.0813 e. The molecule has 2 fully saturated rings. The fraction of sp³-hybridized carbons (Fsp3) is 0.931. The van der Waals surface area contributed by atoms with E-state index in [1.165, 1.54) is 77.0 Å². The molecule has 6 unspecified atom stereocenters. The molecule has 0 radical (unpaired) electrons. The van der Waals surface area contributed by atoms with Gasteiger partial charge in [-0.05, 0) is 78.9 Å². The monoisotopic (exact) mass is 402 g/mol. The van der Waals surface area contributed by atoms with Crippen LogP contribution in [-0.2, 0) is 0 Å². The van der Waals surface area contributed by atoms with Crippen LogP contribution in [0.2, 0.25) is 0 Å². The molecule has 0 aromatic heterocycles. The third kappa shape index (κ3) is 7.43. The standard InChI is InChI=1S/C29H54/c1-9-12-23(4)24(5)13-11-14-26(16-15-22(3)10-2)21-27-25(6)29(27,8)20-19-28(7)17-18-28/h21-26H,9-20H2,1-8H3. The SMILES string of the molecule is CCCC(C)C(C)CCCC(C=C1C(C)C1(C)CCC1(C)CC1)CCC(C)CC. The largest absolute Gasteiger partial charge is 0.0813 e. The van der Waals surface area contributed by atoms with E-state index in [1.54, 1.807) is 0 Å². The summed E-state index contributed by atoms with van der Waals surface area (Å²) < 4.78 is 0. The van der Waals surface area contributed by atoms with Gasteiger partial charge in [-0.25, -0.2) is 0 Å². The van der Waals surface area contributed by atoms with Crippen molar-refractivity contribution in [3.8, 4) is 0 Å². The Bertz CT molecular complexity index is 510. The summed E-state index contributed by atoms with van der Waals surface area (Å²) in [5.74, 6) is 4.33. The molecule has 0 aromatic rings. The molecule has 0 spiro atoms. The lowest BCUT2D eigenvalue weighted by Gasteiger charge is -2.21. The normalized spacial score (nSPS) is 30.8. The first-order chi connectivity index (χ1) is 13.6. The number of allylic oxidation sites excluding steroid dienone is 2. The van der Waals surface area contributed by atoms with Crippen molar-refractivity contribution in [3.05, 3.63) is 11.6 Å². The Hall–Kier alpha value is -0.260. The third-order valence-electron chi connectivity index (χ3n) is 9.44. The minimum absolute atomic E-state index is 0.531. The van der Waals surface area contributed by atoms with E-state index in [0.29, 0.717) is 10.8 Å². The zero-order chi connectivity index (χ0) is 21.7. The summed E-state index contributed by atoms with van der Waals surface area (Å²) in [5, 5.41) is 0. The predicted octanol–water partition coefficient (Wildman–Crippen LogP) is 9.83. The number of hydrogen-bond acceptors (Lipinski definition) is 0. The van der Waals surface area contributed by atoms with Crippen LogP contribution in [0.1, 0.15) is 132 Å². The average molecular weight is 403 g/mol. The molecule has 0 N–H and O–H groups in total. The fourth-order valence-corrected chi connectivity index (χ4v) is 5.43. The summed E-state index contributed by atoms with van der Waals surface area (Å²) in [5.41, 5.74) is 3.06. The van der Waals surface area contributed by atoms with E-state index >= 15 is 0 Å². The van der Waals surface area contributed by atoms with Crippen molar-refractivity contribution in [2.45, 2.75) is 132 Å². The topological polar surface area (TPSA) is 0 Å². The Labute approximate surface area is 184 Å². The van der Waals surface area contributed by atoms with Crippen LogP contribution in [0.4, 0.5) is 0 Å². The second-order valence-corrected chi connectivity index (χ2v) is 12.1. The van der Waals surface area contributed by atoms with Gasteiger partial charge in [0.25, 0.3) is 0 Å². The zero-order valence-electron chi connectivity index (χ0n) is 21.4. The first-order valence-corrected chi connectivity index (χ1v) is 13.4. The smallest absolute Gasteiger partial charge is 0.00501 e. The van der Waals surface area contributed by atoms with Gasteiger partial charge in [0.2, 0.25) is 0 Å². The zero-order valence-corrected chi connectivity index (χ0v) is 21.4. The lowest BCUT2D eigenvalue weighted by atomic mass is 9.85. The first-order valence-electron chi connectivity index (χ1n) is 13.4. The van der Waals surface area contributed by atoms with Crippen LogP contribution in [0.15, 0.2) is 11.6 Å². The van der Waals surface area contributed by atoms with Crippen LogP contribution in [0.5, 0.6) is 0 Å². The minimum atomic E-state index is 0.531. The van der Waals surface area contributed by atoms with Crippen molar-refractivity contribution < 1.29 is 0 Å². The van der Waals surface area contributed by atoms with Gasteiger partial charge in [0, 0.05) is 0 Å². The van der Waals surface area contributed by atoms with Crippen LogP contribution in [0.25, 0.3) is 0 Å². The van der Waals surface area contributed by atoms with Crippen LogP contribution < -0.4 is 0 Å². The highest BCUT2D eigenvalue weighted by atomic mass is 14.6. The van der Waals surface area contributed by atoms with Gasteiger partial charge in [-0.2, -0.15) is 0 Å². The molecule has 6 atom stereocenters. The molecule has 2 aliphatic rings. The highest BCUT2D eigenvalue weighted by Gasteiger charge is 2.53. The molecule has 2 saturated carbocycles. The Morgan fingerprint density at radius 1 is 0.897 bits per heavy atom. The van der Waals surface area contributed by atoms with Crippen LogP contribution in [0, 0.1) is 40.4 Å². The van der Waals surface area contributed by atoms with Crippen LogP contribution >= 0.6 is 0 Å². The summed E-state index contributed by atoms with van der Waals surface area (Å²) in [4.78, 5) is 0. The Balaban J connectivity index is 1.90. The van der Waals surface area contributed by atoms with E-state index in [-0.39, 0.29) is 0 Å². The van der Waals surface area contributed by atoms with Crippen molar-refractivity contribution in [3.63, 3.8) is 0 Å². The van der Waals surface area contributed by atoms with E-state index in [4.69, 9.17) is 0 Å². The van der Waals surface area contributed by atoms with Crippen molar-refractivity contribution in [2.24, 2.45) is 40.4 Å². The van der Waals surface area contributed by atoms with E-state index in [2.05, 4.69) is 61.5 Å². The van der Waals surface area contributed by atoms with E-state index < -0.39 is 0 Å². The highest BCUT2D eigenvalue weighted by molar-refractivity contribution is 5.36. The van der Waals surface area contributed by atoms with Gasteiger partial charge in [-0.1, -0.05) is 106 Å². The Kier molecular flexibility index (Phi) is 9.36. The second-order valence-electron chi connectivity index (χ2n) is 12.1. The lowest BCUT2D eigenvalue weighted by Crippen LogP contribution is -2.09.